The largest absolute Gasteiger partial charge is 0.377 e. The van der Waals surface area contributed by atoms with Crippen molar-refractivity contribution in [2.24, 2.45) is 0 Å². The first kappa shape index (κ1) is 19.7. The van der Waals surface area contributed by atoms with Gasteiger partial charge in [0.15, 0.2) is 0 Å². The van der Waals surface area contributed by atoms with Crippen molar-refractivity contribution < 1.29 is 9.53 Å². The van der Waals surface area contributed by atoms with Crippen LogP contribution in [0.2, 0.25) is 0 Å². The average molecular weight is 429 g/mol. The average Bonchev–Trinajstić information content (AvgIpc) is 3.63. The van der Waals surface area contributed by atoms with E-state index in [0.717, 1.165) is 48.5 Å². The fourth-order valence-corrected chi connectivity index (χ4v) is 5.01. The standard InChI is InChI=1S/C26H28N4O2/c1-2-24(31)29-10-11-30-23(16-29)25(28-26(30)18-6-7-18)20-5-3-4-19-14-22(27-15-21(19)20)17-8-12-32-13-9-17/h3-5,8,14-15,18H,2,6-7,9-13,16H2,1H3. The summed E-state index contributed by atoms with van der Waals surface area (Å²) in [6, 6.07) is 8.60. The molecule has 1 saturated carbocycles. The third-order valence-corrected chi connectivity index (χ3v) is 6.95. The number of benzene rings is 1. The molecule has 0 bridgehead atoms. The molecule has 0 atom stereocenters. The van der Waals surface area contributed by atoms with E-state index in [2.05, 4.69) is 34.9 Å². The van der Waals surface area contributed by atoms with Crippen LogP contribution in [0.5, 0.6) is 0 Å². The number of carbonyl (C=O) groups is 1. The van der Waals surface area contributed by atoms with Crippen molar-refractivity contribution in [1.29, 1.82) is 0 Å². The van der Waals surface area contributed by atoms with Crippen LogP contribution in [0.1, 0.15) is 55.7 Å². The van der Waals surface area contributed by atoms with Crippen molar-refractivity contribution in [1.82, 2.24) is 19.4 Å². The van der Waals surface area contributed by atoms with E-state index in [1.165, 1.54) is 35.3 Å². The monoisotopic (exact) mass is 428 g/mol. The fraction of sp³-hybridized carbons (Fsp3) is 0.423. The lowest BCUT2D eigenvalue weighted by Gasteiger charge is -2.29. The second-order valence-electron chi connectivity index (χ2n) is 9.01. The maximum Gasteiger partial charge on any atom is 0.222 e. The highest BCUT2D eigenvalue weighted by molar-refractivity contribution is 5.97. The van der Waals surface area contributed by atoms with Gasteiger partial charge in [-0.3, -0.25) is 9.78 Å². The lowest BCUT2D eigenvalue weighted by Crippen LogP contribution is -2.38. The Bertz CT molecular complexity index is 1240. The number of aromatic nitrogens is 3. The van der Waals surface area contributed by atoms with E-state index in [1.54, 1.807) is 0 Å². The first-order valence-corrected chi connectivity index (χ1v) is 11.8. The highest BCUT2D eigenvalue weighted by Crippen LogP contribution is 2.43. The Labute approximate surface area is 187 Å². The van der Waals surface area contributed by atoms with Gasteiger partial charge < -0.3 is 14.2 Å². The summed E-state index contributed by atoms with van der Waals surface area (Å²) in [5.41, 5.74) is 5.59. The molecule has 4 heterocycles. The van der Waals surface area contributed by atoms with Gasteiger partial charge in [0.25, 0.3) is 0 Å². The molecule has 0 unspecified atom stereocenters. The highest BCUT2D eigenvalue weighted by atomic mass is 16.5. The Balaban J connectivity index is 1.46. The number of pyridine rings is 1. The third kappa shape index (κ3) is 3.34. The van der Waals surface area contributed by atoms with Crippen molar-refractivity contribution in [3.8, 4) is 11.3 Å². The number of fused-ring (bicyclic) bond motifs is 2. The Morgan fingerprint density at radius 2 is 2.16 bits per heavy atom. The predicted molar refractivity (Wildman–Crippen MR) is 124 cm³/mol. The van der Waals surface area contributed by atoms with E-state index in [9.17, 15) is 4.79 Å². The normalized spacial score (nSPS) is 18.5. The predicted octanol–water partition coefficient (Wildman–Crippen LogP) is 4.53. The van der Waals surface area contributed by atoms with Gasteiger partial charge in [0, 0.05) is 42.6 Å². The lowest BCUT2D eigenvalue weighted by atomic mass is 9.99. The van der Waals surface area contributed by atoms with Crippen LogP contribution >= 0.6 is 0 Å². The molecule has 1 amide bonds. The van der Waals surface area contributed by atoms with E-state index in [1.807, 2.05) is 18.0 Å². The maximum atomic E-state index is 12.4. The van der Waals surface area contributed by atoms with Crippen LogP contribution in [0, 0.1) is 0 Å². The molecule has 2 aliphatic heterocycles. The van der Waals surface area contributed by atoms with Crippen LogP contribution in [0.3, 0.4) is 0 Å². The van der Waals surface area contributed by atoms with Crippen LogP contribution in [0.4, 0.5) is 0 Å². The van der Waals surface area contributed by atoms with Gasteiger partial charge >= 0.3 is 0 Å². The molecule has 0 N–H and O–H groups in total. The summed E-state index contributed by atoms with van der Waals surface area (Å²) in [6.07, 6.45) is 8.00. The molecule has 1 aromatic carbocycles. The number of imidazole rings is 1. The van der Waals surface area contributed by atoms with Gasteiger partial charge in [-0.2, -0.15) is 0 Å². The molecule has 6 heteroatoms. The zero-order valence-electron chi connectivity index (χ0n) is 18.5. The van der Waals surface area contributed by atoms with E-state index < -0.39 is 0 Å². The van der Waals surface area contributed by atoms with Gasteiger partial charge in [0.2, 0.25) is 5.91 Å². The van der Waals surface area contributed by atoms with Gasteiger partial charge in [-0.15, -0.1) is 0 Å². The number of rotatable bonds is 4. The molecule has 164 valence electrons. The first-order valence-electron chi connectivity index (χ1n) is 11.8. The lowest BCUT2D eigenvalue weighted by molar-refractivity contribution is -0.132. The van der Waals surface area contributed by atoms with Gasteiger partial charge in [-0.25, -0.2) is 4.98 Å². The summed E-state index contributed by atoms with van der Waals surface area (Å²) in [4.78, 5) is 24.4. The Kier molecular flexibility index (Phi) is 4.83. The van der Waals surface area contributed by atoms with E-state index in [4.69, 9.17) is 14.7 Å². The number of hydrogen-bond donors (Lipinski definition) is 0. The van der Waals surface area contributed by atoms with Crippen LogP contribution in [0.15, 0.2) is 36.5 Å². The number of amides is 1. The van der Waals surface area contributed by atoms with Gasteiger partial charge in [-0.05, 0) is 36.3 Å². The summed E-state index contributed by atoms with van der Waals surface area (Å²) in [5, 5.41) is 2.29. The minimum absolute atomic E-state index is 0.213. The van der Waals surface area contributed by atoms with Crippen molar-refractivity contribution in [2.75, 3.05) is 19.8 Å². The number of ether oxygens (including phenoxy) is 1. The quantitative estimate of drug-likeness (QED) is 0.613. The smallest absolute Gasteiger partial charge is 0.222 e. The molecule has 1 aliphatic carbocycles. The Hall–Kier alpha value is -2.99. The first-order chi connectivity index (χ1) is 15.7. The van der Waals surface area contributed by atoms with Crippen molar-refractivity contribution in [2.45, 2.75) is 51.6 Å². The van der Waals surface area contributed by atoms with Crippen LogP contribution in [-0.2, 0) is 22.6 Å². The fourth-order valence-electron chi connectivity index (χ4n) is 5.01. The minimum atomic E-state index is 0.213. The Morgan fingerprint density at radius 3 is 2.94 bits per heavy atom. The molecule has 32 heavy (non-hydrogen) atoms. The van der Waals surface area contributed by atoms with Gasteiger partial charge in [0.1, 0.15) is 5.82 Å². The zero-order valence-corrected chi connectivity index (χ0v) is 18.5. The zero-order chi connectivity index (χ0) is 21.7. The summed E-state index contributed by atoms with van der Waals surface area (Å²) in [7, 11) is 0. The van der Waals surface area contributed by atoms with Gasteiger partial charge in [0.05, 0.1) is 36.8 Å². The maximum absolute atomic E-state index is 12.4. The molecular formula is C26H28N4O2. The van der Waals surface area contributed by atoms with E-state index in [-0.39, 0.29) is 5.91 Å². The number of carbonyl (C=O) groups excluding carboxylic acids is 1. The number of hydrogen-bond acceptors (Lipinski definition) is 4. The topological polar surface area (TPSA) is 60.2 Å². The summed E-state index contributed by atoms with van der Waals surface area (Å²) in [6.45, 7) is 5.59. The van der Waals surface area contributed by atoms with Crippen molar-refractivity contribution >= 4 is 22.3 Å². The minimum Gasteiger partial charge on any atom is -0.377 e. The third-order valence-electron chi connectivity index (χ3n) is 6.95. The molecule has 6 nitrogen and oxygen atoms in total. The second-order valence-corrected chi connectivity index (χ2v) is 9.01. The molecule has 0 radical (unpaired) electrons. The summed E-state index contributed by atoms with van der Waals surface area (Å²) < 4.78 is 7.84. The molecule has 0 spiro atoms. The molecular weight excluding hydrogens is 400 g/mol. The van der Waals surface area contributed by atoms with E-state index >= 15 is 0 Å². The van der Waals surface area contributed by atoms with Crippen LogP contribution in [0.25, 0.3) is 27.6 Å². The number of nitrogens with zero attached hydrogens (tertiary/aromatic N) is 4. The second kappa shape index (κ2) is 7.85. The molecule has 3 aromatic rings. The molecule has 1 fully saturated rings. The molecule has 2 aromatic heterocycles. The summed E-state index contributed by atoms with van der Waals surface area (Å²) >= 11 is 0. The summed E-state index contributed by atoms with van der Waals surface area (Å²) in [5.74, 6) is 1.98. The van der Waals surface area contributed by atoms with Crippen molar-refractivity contribution in [3.05, 3.63) is 53.8 Å². The SMILES string of the molecule is CCC(=O)N1CCn2c(C3CC3)nc(-c3cccc4cc(C5=CCOCC5)ncc34)c2C1. The molecule has 0 saturated heterocycles. The van der Waals surface area contributed by atoms with Crippen molar-refractivity contribution in [3.63, 3.8) is 0 Å². The van der Waals surface area contributed by atoms with Gasteiger partial charge in [-0.1, -0.05) is 31.2 Å². The highest BCUT2D eigenvalue weighted by Gasteiger charge is 2.34. The van der Waals surface area contributed by atoms with E-state index in [0.29, 0.717) is 25.5 Å². The van der Waals surface area contributed by atoms with Crippen LogP contribution < -0.4 is 0 Å². The molecule has 6 rings (SSSR count). The van der Waals surface area contributed by atoms with Crippen LogP contribution in [-0.4, -0.2) is 45.1 Å². The Morgan fingerprint density at radius 1 is 1.25 bits per heavy atom. The molecule has 3 aliphatic rings.